The van der Waals surface area contributed by atoms with Gasteiger partial charge in [-0.2, -0.15) is 0 Å². The highest BCUT2D eigenvalue weighted by atomic mass is 16.6. The molecule has 0 spiro atoms. The summed E-state index contributed by atoms with van der Waals surface area (Å²) in [6.07, 6.45) is 1.75. The Kier molecular flexibility index (Phi) is 3.96. The summed E-state index contributed by atoms with van der Waals surface area (Å²) < 4.78 is 0. The van der Waals surface area contributed by atoms with Gasteiger partial charge in [0, 0.05) is 42.3 Å². The average Bonchev–Trinajstić information content (AvgIpc) is 3.10. The molecule has 2 N–H and O–H groups in total. The number of carboxylic acids is 1. The Morgan fingerprint density at radius 1 is 1.42 bits per heavy atom. The highest BCUT2D eigenvalue weighted by Crippen LogP contribution is 2.27. The zero-order valence-corrected chi connectivity index (χ0v) is 13.1. The van der Waals surface area contributed by atoms with Gasteiger partial charge in [-0.05, 0) is 17.5 Å². The molecule has 1 fully saturated rings. The van der Waals surface area contributed by atoms with Gasteiger partial charge in [0.05, 0.1) is 17.3 Å². The largest absolute Gasteiger partial charge is 0.481 e. The number of likely N-dealkylation sites (tertiary alicyclic amines) is 1. The molecule has 1 aromatic heterocycles. The molecule has 126 valence electrons. The minimum atomic E-state index is -0.888. The summed E-state index contributed by atoms with van der Waals surface area (Å²) in [5, 5.41) is 20.7. The lowest BCUT2D eigenvalue weighted by molar-refractivity contribution is -0.384. The fourth-order valence-electron chi connectivity index (χ4n) is 3.19. The monoisotopic (exact) mass is 331 g/mol. The van der Waals surface area contributed by atoms with Crippen molar-refractivity contribution in [1.82, 2.24) is 9.88 Å². The van der Waals surface area contributed by atoms with Crippen LogP contribution in [-0.4, -0.2) is 44.9 Å². The van der Waals surface area contributed by atoms with Crippen LogP contribution in [0.4, 0.5) is 5.69 Å². The standard InChI is InChI=1S/C16H17N3O5/c1-9-7-18(8-13(9)16(21)22)15(20)4-10-6-17-14-3-2-11(19(23)24)5-12(10)14/h2-3,5-6,9,13,17H,4,7-8H2,1H3,(H,21,22)/t9-,13-/m1/s1. The van der Waals surface area contributed by atoms with Crippen LogP contribution in [0.2, 0.25) is 0 Å². The molecular formula is C16H17N3O5. The first-order chi connectivity index (χ1) is 11.4. The van der Waals surface area contributed by atoms with Gasteiger partial charge in [-0.1, -0.05) is 6.92 Å². The molecule has 0 saturated carbocycles. The Morgan fingerprint density at radius 3 is 2.79 bits per heavy atom. The fourth-order valence-corrected chi connectivity index (χ4v) is 3.19. The van der Waals surface area contributed by atoms with Crippen molar-refractivity contribution in [3.63, 3.8) is 0 Å². The van der Waals surface area contributed by atoms with Gasteiger partial charge in [-0.3, -0.25) is 19.7 Å². The van der Waals surface area contributed by atoms with E-state index < -0.39 is 16.8 Å². The number of aromatic amines is 1. The van der Waals surface area contributed by atoms with Crippen molar-refractivity contribution in [2.75, 3.05) is 13.1 Å². The van der Waals surface area contributed by atoms with Crippen molar-refractivity contribution in [2.24, 2.45) is 11.8 Å². The van der Waals surface area contributed by atoms with Gasteiger partial charge in [0.1, 0.15) is 0 Å². The van der Waals surface area contributed by atoms with Crippen LogP contribution in [0.5, 0.6) is 0 Å². The number of non-ortho nitro benzene ring substituents is 1. The Bertz CT molecular complexity index is 828. The van der Waals surface area contributed by atoms with E-state index in [1.165, 1.54) is 12.1 Å². The summed E-state index contributed by atoms with van der Waals surface area (Å²) >= 11 is 0. The van der Waals surface area contributed by atoms with Gasteiger partial charge >= 0.3 is 5.97 Å². The molecule has 1 amide bonds. The third-order valence-corrected chi connectivity index (χ3v) is 4.59. The van der Waals surface area contributed by atoms with E-state index in [1.54, 1.807) is 17.2 Å². The molecule has 2 atom stereocenters. The predicted octanol–water partition coefficient (Wildman–Crippen LogP) is 1.80. The number of H-pyrrole nitrogens is 1. The normalized spacial score (nSPS) is 20.5. The number of carbonyl (C=O) groups excluding carboxylic acids is 1. The molecule has 3 rings (SSSR count). The van der Waals surface area contributed by atoms with Crippen molar-refractivity contribution >= 4 is 28.5 Å². The second kappa shape index (κ2) is 5.95. The summed E-state index contributed by atoms with van der Waals surface area (Å²) in [5.74, 6) is -1.69. The third kappa shape index (κ3) is 2.82. The Labute approximate surface area is 137 Å². The van der Waals surface area contributed by atoms with Gasteiger partial charge in [-0.25, -0.2) is 0 Å². The van der Waals surface area contributed by atoms with Crippen molar-refractivity contribution < 1.29 is 19.6 Å². The number of aromatic nitrogens is 1. The quantitative estimate of drug-likeness (QED) is 0.654. The first-order valence-electron chi connectivity index (χ1n) is 7.62. The van der Waals surface area contributed by atoms with E-state index >= 15 is 0 Å². The summed E-state index contributed by atoms with van der Waals surface area (Å²) in [5.41, 5.74) is 1.36. The first-order valence-corrected chi connectivity index (χ1v) is 7.62. The smallest absolute Gasteiger partial charge is 0.308 e. The number of nitrogens with one attached hydrogen (secondary N) is 1. The number of carbonyl (C=O) groups is 2. The van der Waals surface area contributed by atoms with Gasteiger partial charge in [-0.15, -0.1) is 0 Å². The second-order valence-corrected chi connectivity index (χ2v) is 6.20. The van der Waals surface area contributed by atoms with Crippen LogP contribution < -0.4 is 0 Å². The number of amides is 1. The average molecular weight is 331 g/mol. The van der Waals surface area contributed by atoms with Crippen LogP contribution in [-0.2, 0) is 16.0 Å². The molecule has 0 aliphatic carbocycles. The van der Waals surface area contributed by atoms with Crippen molar-refractivity contribution in [3.8, 4) is 0 Å². The molecule has 2 aromatic rings. The summed E-state index contributed by atoms with van der Waals surface area (Å²) in [4.78, 5) is 38.6. The van der Waals surface area contributed by atoms with Crippen molar-refractivity contribution in [3.05, 3.63) is 40.1 Å². The van der Waals surface area contributed by atoms with Crippen LogP contribution >= 0.6 is 0 Å². The van der Waals surface area contributed by atoms with Crippen LogP contribution in [0.25, 0.3) is 10.9 Å². The van der Waals surface area contributed by atoms with E-state index in [0.29, 0.717) is 17.5 Å². The number of aliphatic carboxylic acids is 1. The number of nitro groups is 1. The number of benzene rings is 1. The molecule has 0 radical (unpaired) electrons. The van der Waals surface area contributed by atoms with E-state index in [-0.39, 0.29) is 30.5 Å². The van der Waals surface area contributed by atoms with Crippen LogP contribution in [0, 0.1) is 22.0 Å². The SMILES string of the molecule is C[C@@H]1CN(C(=O)Cc2c[nH]c3ccc([N+](=O)[O-])cc23)C[C@H]1C(=O)O. The van der Waals surface area contributed by atoms with Gasteiger partial charge in [0.2, 0.25) is 5.91 Å². The van der Waals surface area contributed by atoms with Gasteiger partial charge < -0.3 is 15.0 Å². The highest BCUT2D eigenvalue weighted by molar-refractivity contribution is 5.90. The van der Waals surface area contributed by atoms with Gasteiger partial charge in [0.25, 0.3) is 5.69 Å². The Morgan fingerprint density at radius 2 is 2.17 bits per heavy atom. The molecule has 8 nitrogen and oxygen atoms in total. The Hall–Kier alpha value is -2.90. The second-order valence-electron chi connectivity index (χ2n) is 6.20. The molecule has 1 aliphatic rings. The number of carboxylic acid groups (broad SMARTS) is 1. The van der Waals surface area contributed by atoms with E-state index in [9.17, 15) is 19.7 Å². The number of nitrogens with zero attached hydrogens (tertiary/aromatic N) is 2. The molecule has 24 heavy (non-hydrogen) atoms. The van der Waals surface area contributed by atoms with Crippen molar-refractivity contribution in [2.45, 2.75) is 13.3 Å². The third-order valence-electron chi connectivity index (χ3n) is 4.59. The lowest BCUT2D eigenvalue weighted by Gasteiger charge is -2.15. The number of rotatable bonds is 4. The minimum absolute atomic E-state index is 0.0310. The maximum atomic E-state index is 12.5. The summed E-state index contributed by atoms with van der Waals surface area (Å²) in [6.45, 7) is 2.44. The first kappa shape index (κ1) is 16.0. The summed E-state index contributed by atoms with van der Waals surface area (Å²) in [6, 6.07) is 4.46. The zero-order chi connectivity index (χ0) is 17.4. The van der Waals surface area contributed by atoms with E-state index in [2.05, 4.69) is 4.98 Å². The van der Waals surface area contributed by atoms with E-state index in [0.717, 1.165) is 5.52 Å². The van der Waals surface area contributed by atoms with E-state index in [4.69, 9.17) is 5.11 Å². The Balaban J connectivity index is 1.80. The number of hydrogen-bond donors (Lipinski definition) is 2. The topological polar surface area (TPSA) is 117 Å². The molecular weight excluding hydrogens is 314 g/mol. The van der Waals surface area contributed by atoms with Crippen molar-refractivity contribution in [1.29, 1.82) is 0 Å². The predicted molar refractivity (Wildman–Crippen MR) is 85.5 cm³/mol. The highest BCUT2D eigenvalue weighted by Gasteiger charge is 2.36. The fraction of sp³-hybridized carbons (Fsp3) is 0.375. The number of hydrogen-bond acceptors (Lipinski definition) is 4. The summed E-state index contributed by atoms with van der Waals surface area (Å²) in [7, 11) is 0. The molecule has 0 bridgehead atoms. The van der Waals surface area contributed by atoms with Crippen LogP contribution in [0.15, 0.2) is 24.4 Å². The van der Waals surface area contributed by atoms with Crippen LogP contribution in [0.1, 0.15) is 12.5 Å². The maximum Gasteiger partial charge on any atom is 0.308 e. The zero-order valence-electron chi connectivity index (χ0n) is 13.1. The van der Waals surface area contributed by atoms with Crippen LogP contribution in [0.3, 0.4) is 0 Å². The molecule has 8 heteroatoms. The number of fused-ring (bicyclic) bond motifs is 1. The molecule has 0 unspecified atom stereocenters. The molecule has 1 aliphatic heterocycles. The maximum absolute atomic E-state index is 12.5. The molecule has 1 saturated heterocycles. The van der Waals surface area contributed by atoms with E-state index in [1.807, 2.05) is 6.92 Å². The minimum Gasteiger partial charge on any atom is -0.481 e. The lowest BCUT2D eigenvalue weighted by Crippen LogP contribution is -2.31. The molecule has 1 aromatic carbocycles. The number of nitro benzene ring substituents is 1. The lowest BCUT2D eigenvalue weighted by atomic mass is 9.99. The molecule has 2 heterocycles. The van der Waals surface area contributed by atoms with Gasteiger partial charge in [0.15, 0.2) is 0 Å².